The van der Waals surface area contributed by atoms with E-state index in [1.54, 1.807) is 45.9 Å². The molecule has 0 saturated carbocycles. The monoisotopic (exact) mass is 319 g/mol. The van der Waals surface area contributed by atoms with Crippen LogP contribution in [0.4, 0.5) is 4.79 Å². The Morgan fingerprint density at radius 2 is 2.17 bits per heavy atom. The Labute approximate surface area is 134 Å². The molecule has 1 aromatic heterocycles. The van der Waals surface area contributed by atoms with Gasteiger partial charge >= 0.3 is 6.09 Å². The summed E-state index contributed by atoms with van der Waals surface area (Å²) in [5.41, 5.74) is 0.916. The van der Waals surface area contributed by atoms with Crippen molar-refractivity contribution in [3.05, 3.63) is 35.7 Å². The molecule has 0 aliphatic rings. The number of carbonyl (C=O) groups excluding carboxylic acids is 1. The van der Waals surface area contributed by atoms with Crippen LogP contribution in [-0.2, 0) is 11.3 Å². The third-order valence-corrected chi connectivity index (χ3v) is 2.91. The number of nitrogens with one attached hydrogen (secondary N) is 1. The van der Waals surface area contributed by atoms with Crippen LogP contribution < -0.4 is 5.32 Å². The van der Waals surface area contributed by atoms with Gasteiger partial charge in [-0.1, -0.05) is 23.4 Å². The van der Waals surface area contributed by atoms with E-state index in [2.05, 4.69) is 15.5 Å². The van der Waals surface area contributed by atoms with Crippen molar-refractivity contribution >= 4 is 6.09 Å². The average molecular weight is 319 g/mol. The molecule has 7 nitrogen and oxygen atoms in total. The number of aromatic nitrogens is 2. The SMILES string of the molecule is CC(NC(=O)OC(C)(C)C)c1nc(-c2cccc(CO)c2)no1. The minimum absolute atomic E-state index is 0.0604. The van der Waals surface area contributed by atoms with Crippen LogP contribution in [-0.4, -0.2) is 26.9 Å². The van der Waals surface area contributed by atoms with Gasteiger partial charge in [0.15, 0.2) is 0 Å². The van der Waals surface area contributed by atoms with E-state index in [0.717, 1.165) is 11.1 Å². The fourth-order valence-corrected chi connectivity index (χ4v) is 1.88. The number of aliphatic hydroxyl groups excluding tert-OH is 1. The summed E-state index contributed by atoms with van der Waals surface area (Å²) in [6, 6.07) is 6.73. The first-order valence-electron chi connectivity index (χ1n) is 7.32. The molecule has 1 heterocycles. The molecule has 124 valence electrons. The maximum atomic E-state index is 11.8. The standard InChI is InChI=1S/C16H21N3O4/c1-10(17-15(21)22-16(2,3)4)14-18-13(19-23-14)12-7-5-6-11(8-12)9-20/h5-8,10,20H,9H2,1-4H3,(H,17,21). The molecule has 1 amide bonds. The molecule has 0 saturated heterocycles. The van der Waals surface area contributed by atoms with E-state index in [-0.39, 0.29) is 12.5 Å². The van der Waals surface area contributed by atoms with Gasteiger partial charge in [0, 0.05) is 5.56 Å². The Balaban J connectivity index is 2.07. The highest BCUT2D eigenvalue weighted by Gasteiger charge is 2.21. The predicted octanol–water partition coefficient (Wildman–Crippen LogP) is 2.81. The van der Waals surface area contributed by atoms with Gasteiger partial charge in [0.1, 0.15) is 11.6 Å². The van der Waals surface area contributed by atoms with Gasteiger partial charge in [-0.25, -0.2) is 4.79 Å². The average Bonchev–Trinajstić information content (AvgIpc) is 2.95. The summed E-state index contributed by atoms with van der Waals surface area (Å²) < 4.78 is 10.4. The highest BCUT2D eigenvalue weighted by atomic mass is 16.6. The van der Waals surface area contributed by atoms with Crippen LogP contribution in [0.3, 0.4) is 0 Å². The molecule has 1 atom stereocenters. The molecule has 1 unspecified atom stereocenters. The molecule has 0 radical (unpaired) electrons. The second-order valence-electron chi connectivity index (χ2n) is 6.18. The highest BCUT2D eigenvalue weighted by molar-refractivity contribution is 5.68. The van der Waals surface area contributed by atoms with E-state index in [1.165, 1.54) is 0 Å². The molecule has 2 aromatic rings. The normalized spacial score (nSPS) is 12.7. The molecule has 0 spiro atoms. The van der Waals surface area contributed by atoms with Crippen LogP contribution in [0.25, 0.3) is 11.4 Å². The largest absolute Gasteiger partial charge is 0.444 e. The van der Waals surface area contributed by atoms with E-state index >= 15 is 0 Å². The van der Waals surface area contributed by atoms with Gasteiger partial charge < -0.3 is 19.7 Å². The van der Waals surface area contributed by atoms with Crippen LogP contribution >= 0.6 is 0 Å². The second-order valence-corrected chi connectivity index (χ2v) is 6.18. The zero-order valence-corrected chi connectivity index (χ0v) is 13.7. The lowest BCUT2D eigenvalue weighted by Crippen LogP contribution is -2.34. The minimum Gasteiger partial charge on any atom is -0.444 e. The van der Waals surface area contributed by atoms with Crippen LogP contribution in [0.1, 0.15) is 45.2 Å². The number of benzene rings is 1. The lowest BCUT2D eigenvalue weighted by atomic mass is 10.1. The van der Waals surface area contributed by atoms with Gasteiger partial charge in [0.2, 0.25) is 11.7 Å². The summed E-state index contributed by atoms with van der Waals surface area (Å²) in [6.07, 6.45) is -0.549. The number of amides is 1. The Morgan fingerprint density at radius 3 is 2.83 bits per heavy atom. The van der Waals surface area contributed by atoms with Gasteiger partial charge in [-0.2, -0.15) is 4.98 Å². The van der Waals surface area contributed by atoms with Crippen molar-refractivity contribution in [3.63, 3.8) is 0 Å². The molecule has 2 rings (SSSR count). The number of alkyl carbamates (subject to hydrolysis) is 1. The smallest absolute Gasteiger partial charge is 0.408 e. The Morgan fingerprint density at radius 1 is 1.43 bits per heavy atom. The zero-order chi connectivity index (χ0) is 17.0. The fourth-order valence-electron chi connectivity index (χ4n) is 1.88. The molecule has 1 aromatic carbocycles. The first-order valence-corrected chi connectivity index (χ1v) is 7.32. The van der Waals surface area contributed by atoms with Crippen molar-refractivity contribution in [2.45, 2.75) is 45.9 Å². The van der Waals surface area contributed by atoms with Gasteiger partial charge in [0.25, 0.3) is 0 Å². The van der Waals surface area contributed by atoms with Gasteiger partial charge in [-0.15, -0.1) is 0 Å². The number of hydrogen-bond acceptors (Lipinski definition) is 6. The summed E-state index contributed by atoms with van der Waals surface area (Å²) in [5, 5.41) is 15.7. The summed E-state index contributed by atoms with van der Waals surface area (Å²) in [5.74, 6) is 0.674. The van der Waals surface area contributed by atoms with Gasteiger partial charge in [-0.05, 0) is 39.3 Å². The number of hydrogen-bond donors (Lipinski definition) is 2. The summed E-state index contributed by atoms with van der Waals surface area (Å²) >= 11 is 0. The zero-order valence-electron chi connectivity index (χ0n) is 13.7. The van der Waals surface area contributed by atoms with E-state index in [0.29, 0.717) is 5.82 Å². The number of rotatable bonds is 4. The lowest BCUT2D eigenvalue weighted by molar-refractivity contribution is 0.0499. The van der Waals surface area contributed by atoms with Crippen LogP contribution in [0.2, 0.25) is 0 Å². The first-order chi connectivity index (χ1) is 10.8. The molecule has 0 bridgehead atoms. The number of aliphatic hydroxyl groups is 1. The molecule has 0 aliphatic carbocycles. The van der Waals surface area contributed by atoms with Crippen molar-refractivity contribution in [3.8, 4) is 11.4 Å². The van der Waals surface area contributed by atoms with Crippen LogP contribution in [0.5, 0.6) is 0 Å². The van der Waals surface area contributed by atoms with Crippen molar-refractivity contribution in [2.24, 2.45) is 0 Å². The maximum Gasteiger partial charge on any atom is 0.408 e. The molecular formula is C16H21N3O4. The van der Waals surface area contributed by atoms with Crippen LogP contribution in [0.15, 0.2) is 28.8 Å². The molecule has 0 aliphatic heterocycles. The Hall–Kier alpha value is -2.41. The summed E-state index contributed by atoms with van der Waals surface area (Å²) in [7, 11) is 0. The van der Waals surface area contributed by atoms with E-state index in [1.807, 2.05) is 6.07 Å². The molecular weight excluding hydrogens is 298 g/mol. The topological polar surface area (TPSA) is 97.5 Å². The minimum atomic E-state index is -0.575. The van der Waals surface area contributed by atoms with Crippen molar-refractivity contribution in [2.75, 3.05) is 0 Å². The molecule has 23 heavy (non-hydrogen) atoms. The fraction of sp³-hybridized carbons (Fsp3) is 0.438. The predicted molar refractivity (Wildman–Crippen MR) is 83.4 cm³/mol. The van der Waals surface area contributed by atoms with Crippen molar-refractivity contribution < 1.29 is 19.2 Å². The molecule has 7 heteroatoms. The Bertz CT molecular complexity index is 676. The second kappa shape index (κ2) is 6.78. The van der Waals surface area contributed by atoms with Gasteiger partial charge in [-0.3, -0.25) is 0 Å². The number of carbonyl (C=O) groups is 1. The lowest BCUT2D eigenvalue weighted by Gasteiger charge is -2.20. The van der Waals surface area contributed by atoms with Crippen molar-refractivity contribution in [1.29, 1.82) is 0 Å². The number of ether oxygens (including phenoxy) is 1. The van der Waals surface area contributed by atoms with Gasteiger partial charge in [0.05, 0.1) is 6.61 Å². The van der Waals surface area contributed by atoms with E-state index in [9.17, 15) is 4.79 Å². The highest BCUT2D eigenvalue weighted by Crippen LogP contribution is 2.20. The maximum absolute atomic E-state index is 11.8. The van der Waals surface area contributed by atoms with E-state index < -0.39 is 17.7 Å². The molecule has 2 N–H and O–H groups in total. The van der Waals surface area contributed by atoms with E-state index in [4.69, 9.17) is 14.4 Å². The quantitative estimate of drug-likeness (QED) is 0.899. The van der Waals surface area contributed by atoms with Crippen molar-refractivity contribution in [1.82, 2.24) is 15.5 Å². The summed E-state index contributed by atoms with van der Waals surface area (Å²) in [4.78, 5) is 16.0. The third-order valence-electron chi connectivity index (χ3n) is 2.91. The molecule has 0 fully saturated rings. The Kier molecular flexibility index (Phi) is 5.00. The van der Waals surface area contributed by atoms with Crippen LogP contribution in [0, 0.1) is 0 Å². The first kappa shape index (κ1) is 17.0. The third kappa shape index (κ3) is 4.79. The number of nitrogens with zero attached hydrogens (tertiary/aromatic N) is 2. The summed E-state index contributed by atoms with van der Waals surface area (Å²) in [6.45, 7) is 7.03.